The molecule has 0 aliphatic heterocycles. The van der Waals surface area contributed by atoms with Crippen LogP contribution in [0.15, 0.2) is 48.8 Å². The van der Waals surface area contributed by atoms with E-state index >= 15 is 0 Å². The van der Waals surface area contributed by atoms with Crippen LogP contribution >= 0.6 is 12.4 Å². The lowest BCUT2D eigenvalue weighted by atomic mass is 10.1. The van der Waals surface area contributed by atoms with Crippen molar-refractivity contribution in [2.24, 2.45) is 11.7 Å². The molecule has 3 N–H and O–H groups in total. The Morgan fingerprint density at radius 1 is 1.09 bits per heavy atom. The van der Waals surface area contributed by atoms with Crippen LogP contribution < -0.4 is 15.4 Å². The molecule has 2 aromatic carbocycles. The molecule has 1 aliphatic rings. The van der Waals surface area contributed by atoms with Gasteiger partial charge in [-0.1, -0.05) is 0 Å². The first-order valence-electron chi connectivity index (χ1n) is 10.6. The maximum atomic E-state index is 5.94. The monoisotopic (exact) mass is 450 g/mol. The number of benzene rings is 2. The Hall–Kier alpha value is -3.16. The summed E-state index contributed by atoms with van der Waals surface area (Å²) in [6, 6.07) is 12.5. The lowest BCUT2D eigenvalue weighted by Crippen LogP contribution is -2.20. The van der Waals surface area contributed by atoms with Gasteiger partial charge in [-0.15, -0.1) is 12.4 Å². The number of rotatable bonds is 7. The van der Waals surface area contributed by atoms with E-state index in [4.69, 9.17) is 15.5 Å². The van der Waals surface area contributed by atoms with Crippen molar-refractivity contribution in [3.05, 3.63) is 60.0 Å². The topological polar surface area (TPSA) is 93.0 Å². The number of H-pyrrole nitrogens is 1. The Bertz CT molecular complexity index is 1210. The number of fused-ring (bicyclic) bond motifs is 1. The molecule has 32 heavy (non-hydrogen) atoms. The molecular weight excluding hydrogens is 424 g/mol. The Labute approximate surface area is 193 Å². The molecule has 0 amide bonds. The number of ether oxygens (including phenoxy) is 1. The smallest absolute Gasteiger partial charge is 0.121 e. The van der Waals surface area contributed by atoms with E-state index in [1.807, 2.05) is 19.1 Å². The van der Waals surface area contributed by atoms with Crippen molar-refractivity contribution in [3.8, 4) is 17.0 Å². The van der Waals surface area contributed by atoms with Crippen LogP contribution in [0.1, 0.15) is 24.1 Å². The molecule has 0 bridgehead atoms. The van der Waals surface area contributed by atoms with Crippen molar-refractivity contribution in [2.45, 2.75) is 26.3 Å². The van der Waals surface area contributed by atoms with E-state index in [1.165, 1.54) is 12.8 Å². The molecule has 8 heteroatoms. The molecule has 2 aromatic heterocycles. The largest absolute Gasteiger partial charge is 0.497 e. The number of halogens is 1. The highest BCUT2D eigenvalue weighted by Gasteiger charge is 2.26. The van der Waals surface area contributed by atoms with Crippen molar-refractivity contribution in [1.82, 2.24) is 20.2 Å². The first kappa shape index (κ1) is 22.0. The van der Waals surface area contributed by atoms with Crippen LogP contribution in [0.3, 0.4) is 0 Å². The minimum absolute atomic E-state index is 0. The molecular formula is C24H27ClN6O. The summed E-state index contributed by atoms with van der Waals surface area (Å²) < 4.78 is 5.53. The fourth-order valence-corrected chi connectivity index (χ4v) is 3.86. The standard InChI is InChI=1S/C24H26N6O.ClH/c1-15-21(12-27-29-15)24-13-26-22-6-5-18(10-23(22)28-24)30(14-16-3-4-16)19-7-17(11-25)8-20(9-19)31-2;/h5-10,12-13,16H,3-4,11,14,25H2,1-2H3,(H,27,29);1H. The fourth-order valence-electron chi connectivity index (χ4n) is 3.86. The highest BCUT2D eigenvalue weighted by Crippen LogP contribution is 2.37. The SMILES string of the molecule is COc1cc(CN)cc(N(CC2CC2)c2ccc3ncc(-c4cn[nH]c4C)nc3c2)c1.Cl. The maximum Gasteiger partial charge on any atom is 0.121 e. The number of hydrogen-bond acceptors (Lipinski definition) is 6. The van der Waals surface area contributed by atoms with E-state index in [0.717, 1.165) is 57.2 Å². The van der Waals surface area contributed by atoms with Crippen molar-refractivity contribution in [3.63, 3.8) is 0 Å². The molecule has 0 spiro atoms. The van der Waals surface area contributed by atoms with Crippen LogP contribution in [0.2, 0.25) is 0 Å². The molecule has 2 heterocycles. The molecule has 4 aromatic rings. The van der Waals surface area contributed by atoms with Gasteiger partial charge in [-0.25, -0.2) is 4.98 Å². The highest BCUT2D eigenvalue weighted by molar-refractivity contribution is 5.85. The van der Waals surface area contributed by atoms with Gasteiger partial charge in [0.2, 0.25) is 0 Å². The Morgan fingerprint density at radius 3 is 2.62 bits per heavy atom. The summed E-state index contributed by atoms with van der Waals surface area (Å²) in [5.74, 6) is 1.52. The Balaban J connectivity index is 0.00000245. The Kier molecular flexibility index (Phi) is 6.30. The third kappa shape index (κ3) is 4.40. The van der Waals surface area contributed by atoms with Crippen LogP contribution in [0, 0.1) is 12.8 Å². The normalized spacial score (nSPS) is 13.1. The average molecular weight is 451 g/mol. The number of nitrogens with one attached hydrogen (secondary N) is 1. The number of aromatic amines is 1. The molecule has 0 saturated heterocycles. The molecule has 1 fully saturated rings. The molecule has 7 nitrogen and oxygen atoms in total. The van der Waals surface area contributed by atoms with E-state index in [0.29, 0.717) is 12.5 Å². The lowest BCUT2D eigenvalue weighted by Gasteiger charge is -2.26. The van der Waals surface area contributed by atoms with Crippen LogP contribution in [0.4, 0.5) is 11.4 Å². The fraction of sp³-hybridized carbons (Fsp3) is 0.292. The van der Waals surface area contributed by atoms with Gasteiger partial charge in [0.15, 0.2) is 0 Å². The summed E-state index contributed by atoms with van der Waals surface area (Å²) in [5, 5.41) is 7.08. The van der Waals surface area contributed by atoms with Crippen LogP contribution in [0.25, 0.3) is 22.3 Å². The maximum absolute atomic E-state index is 5.94. The van der Waals surface area contributed by atoms with Crippen LogP contribution in [-0.2, 0) is 6.54 Å². The van der Waals surface area contributed by atoms with Gasteiger partial charge in [-0.05, 0) is 61.6 Å². The molecule has 0 radical (unpaired) electrons. The van der Waals surface area contributed by atoms with E-state index < -0.39 is 0 Å². The third-order valence-electron chi connectivity index (χ3n) is 5.82. The van der Waals surface area contributed by atoms with Gasteiger partial charge in [0.05, 0.1) is 36.2 Å². The number of aromatic nitrogens is 4. The minimum atomic E-state index is 0. The molecule has 1 aliphatic carbocycles. The first-order chi connectivity index (χ1) is 15.1. The summed E-state index contributed by atoms with van der Waals surface area (Å²) in [5.41, 5.74) is 13.7. The number of nitrogens with two attached hydrogens (primary N) is 1. The van der Waals surface area contributed by atoms with Crippen molar-refractivity contribution < 1.29 is 4.74 Å². The quantitative estimate of drug-likeness (QED) is 0.421. The molecule has 1 saturated carbocycles. The van der Waals surface area contributed by atoms with Crippen molar-refractivity contribution >= 4 is 34.8 Å². The summed E-state index contributed by atoms with van der Waals surface area (Å²) >= 11 is 0. The van der Waals surface area contributed by atoms with Gasteiger partial charge < -0.3 is 15.4 Å². The molecule has 166 valence electrons. The van der Waals surface area contributed by atoms with E-state index in [9.17, 15) is 0 Å². The number of aryl methyl sites for hydroxylation is 1. The van der Waals surface area contributed by atoms with Gasteiger partial charge in [-0.3, -0.25) is 10.1 Å². The number of anilines is 2. The van der Waals surface area contributed by atoms with Crippen molar-refractivity contribution in [1.29, 1.82) is 0 Å². The zero-order valence-corrected chi connectivity index (χ0v) is 19.0. The summed E-state index contributed by atoms with van der Waals surface area (Å²) in [6.07, 6.45) is 6.12. The summed E-state index contributed by atoms with van der Waals surface area (Å²) in [4.78, 5) is 11.8. The van der Waals surface area contributed by atoms with E-state index in [-0.39, 0.29) is 12.4 Å². The number of nitrogens with zero attached hydrogens (tertiary/aromatic N) is 4. The van der Waals surface area contributed by atoms with E-state index in [1.54, 1.807) is 19.5 Å². The predicted molar refractivity (Wildman–Crippen MR) is 130 cm³/mol. The second-order valence-corrected chi connectivity index (χ2v) is 8.13. The average Bonchev–Trinajstić information content (AvgIpc) is 3.53. The predicted octanol–water partition coefficient (Wildman–Crippen LogP) is 4.77. The summed E-state index contributed by atoms with van der Waals surface area (Å²) in [7, 11) is 1.69. The zero-order valence-electron chi connectivity index (χ0n) is 18.2. The van der Waals surface area contributed by atoms with Gasteiger partial charge in [-0.2, -0.15) is 5.10 Å². The van der Waals surface area contributed by atoms with Crippen LogP contribution in [0.5, 0.6) is 5.75 Å². The minimum Gasteiger partial charge on any atom is -0.497 e. The third-order valence-corrected chi connectivity index (χ3v) is 5.82. The second kappa shape index (κ2) is 9.14. The van der Waals surface area contributed by atoms with Gasteiger partial charge in [0.25, 0.3) is 0 Å². The summed E-state index contributed by atoms with van der Waals surface area (Å²) in [6.45, 7) is 3.41. The molecule has 0 atom stereocenters. The lowest BCUT2D eigenvalue weighted by molar-refractivity contribution is 0.414. The van der Waals surface area contributed by atoms with Crippen molar-refractivity contribution in [2.75, 3.05) is 18.6 Å². The van der Waals surface area contributed by atoms with Gasteiger partial charge in [0.1, 0.15) is 5.75 Å². The molecule has 5 rings (SSSR count). The second-order valence-electron chi connectivity index (χ2n) is 8.13. The van der Waals surface area contributed by atoms with Gasteiger partial charge >= 0.3 is 0 Å². The zero-order chi connectivity index (χ0) is 21.4. The van der Waals surface area contributed by atoms with E-state index in [2.05, 4.69) is 44.3 Å². The molecule has 0 unspecified atom stereocenters. The van der Waals surface area contributed by atoms with Crippen LogP contribution in [-0.4, -0.2) is 33.8 Å². The Morgan fingerprint density at radius 2 is 1.94 bits per heavy atom. The number of hydrogen-bond donors (Lipinski definition) is 2. The first-order valence-corrected chi connectivity index (χ1v) is 10.6. The highest BCUT2D eigenvalue weighted by atomic mass is 35.5. The number of methoxy groups -OCH3 is 1. The van der Waals surface area contributed by atoms with Gasteiger partial charge in [0, 0.05) is 41.8 Å².